The molecule has 1 fully saturated rings. The van der Waals surface area contributed by atoms with Gasteiger partial charge in [0.2, 0.25) is 26.0 Å². The van der Waals surface area contributed by atoms with Gasteiger partial charge in [-0.15, -0.1) is 0 Å². The molecular weight excluding hydrogens is 354 g/mol. The van der Waals surface area contributed by atoms with E-state index in [0.29, 0.717) is 0 Å². The van der Waals surface area contributed by atoms with E-state index < -0.39 is 26.1 Å². The van der Waals surface area contributed by atoms with Crippen molar-refractivity contribution in [1.82, 2.24) is 10.0 Å². The number of hydrogen-bond acceptors (Lipinski definition) is 5. The summed E-state index contributed by atoms with van der Waals surface area (Å²) in [4.78, 5) is 11.7. The van der Waals surface area contributed by atoms with Crippen molar-refractivity contribution in [1.29, 1.82) is 0 Å². The van der Waals surface area contributed by atoms with Crippen molar-refractivity contribution in [2.75, 3.05) is 0 Å². The summed E-state index contributed by atoms with van der Waals surface area (Å²) in [6, 6.07) is 3.63. The average Bonchev–Trinajstić information content (AvgIpc) is 2.99. The standard InChI is InChI=1S/C14H21N3O5S2/c1-10(14(18)16-11-4-2-3-5-11)17-24(21,22)13-8-6-12(7-9-13)23(15,19)20/h6-11,17H,2-5H2,1H3,(H,16,18)(H2,15,19,20)/t10-/m1/s1. The van der Waals surface area contributed by atoms with Gasteiger partial charge in [0, 0.05) is 6.04 Å². The van der Waals surface area contributed by atoms with E-state index >= 15 is 0 Å². The van der Waals surface area contributed by atoms with Gasteiger partial charge in [0.05, 0.1) is 15.8 Å². The maximum absolute atomic E-state index is 12.3. The van der Waals surface area contributed by atoms with Gasteiger partial charge in [-0.1, -0.05) is 12.8 Å². The van der Waals surface area contributed by atoms with Crippen LogP contribution in [0.2, 0.25) is 0 Å². The van der Waals surface area contributed by atoms with E-state index in [4.69, 9.17) is 5.14 Å². The summed E-state index contributed by atoms with van der Waals surface area (Å²) in [7, 11) is -7.84. The van der Waals surface area contributed by atoms with Crippen LogP contribution >= 0.6 is 0 Å². The molecule has 0 spiro atoms. The molecule has 134 valence electrons. The molecule has 2 rings (SSSR count). The molecule has 1 saturated carbocycles. The van der Waals surface area contributed by atoms with Crippen LogP contribution in [0.4, 0.5) is 0 Å². The lowest BCUT2D eigenvalue weighted by Gasteiger charge is -2.18. The first-order chi connectivity index (χ1) is 11.1. The molecule has 10 heteroatoms. The van der Waals surface area contributed by atoms with Gasteiger partial charge in [-0.3, -0.25) is 4.79 Å². The normalized spacial score (nSPS) is 17.6. The van der Waals surface area contributed by atoms with E-state index in [-0.39, 0.29) is 21.7 Å². The van der Waals surface area contributed by atoms with Crippen molar-refractivity contribution >= 4 is 26.0 Å². The maximum atomic E-state index is 12.3. The van der Waals surface area contributed by atoms with Crippen LogP contribution in [0.5, 0.6) is 0 Å². The minimum atomic E-state index is -3.95. The van der Waals surface area contributed by atoms with Gasteiger partial charge < -0.3 is 5.32 Å². The molecule has 1 amide bonds. The molecule has 8 nitrogen and oxygen atoms in total. The third kappa shape index (κ3) is 4.76. The zero-order chi connectivity index (χ0) is 18.0. The Balaban J connectivity index is 2.05. The Labute approximate surface area is 141 Å². The Morgan fingerprint density at radius 2 is 1.58 bits per heavy atom. The van der Waals surface area contributed by atoms with Crippen molar-refractivity contribution in [2.45, 2.75) is 54.5 Å². The number of sulfonamides is 2. The smallest absolute Gasteiger partial charge is 0.241 e. The van der Waals surface area contributed by atoms with E-state index in [1.165, 1.54) is 6.92 Å². The van der Waals surface area contributed by atoms with Gasteiger partial charge >= 0.3 is 0 Å². The van der Waals surface area contributed by atoms with Gasteiger partial charge in [-0.25, -0.2) is 22.0 Å². The SMILES string of the molecule is C[C@@H](NS(=O)(=O)c1ccc(S(N)(=O)=O)cc1)C(=O)NC1CCCC1. The molecule has 4 N–H and O–H groups in total. The lowest BCUT2D eigenvalue weighted by atomic mass is 10.2. The largest absolute Gasteiger partial charge is 0.352 e. The summed E-state index contributed by atoms with van der Waals surface area (Å²) in [5.41, 5.74) is 0. The van der Waals surface area contributed by atoms with E-state index in [9.17, 15) is 21.6 Å². The first-order valence-electron chi connectivity index (χ1n) is 7.55. The summed E-state index contributed by atoms with van der Waals surface area (Å²) in [6.45, 7) is 1.46. The van der Waals surface area contributed by atoms with Gasteiger partial charge in [0.15, 0.2) is 0 Å². The molecule has 0 bridgehead atoms. The first kappa shape index (κ1) is 18.8. The summed E-state index contributed by atoms with van der Waals surface area (Å²) in [5.74, 6) is -0.383. The first-order valence-corrected chi connectivity index (χ1v) is 10.6. The highest BCUT2D eigenvalue weighted by Gasteiger charge is 2.25. The Morgan fingerprint density at radius 1 is 1.08 bits per heavy atom. The summed E-state index contributed by atoms with van der Waals surface area (Å²) in [5, 5.41) is 7.79. The van der Waals surface area contributed by atoms with Crippen LogP contribution in [0.1, 0.15) is 32.6 Å². The second-order valence-corrected chi connectivity index (χ2v) is 9.12. The van der Waals surface area contributed by atoms with Crippen molar-refractivity contribution in [3.8, 4) is 0 Å². The van der Waals surface area contributed by atoms with Crippen molar-refractivity contribution in [3.05, 3.63) is 24.3 Å². The number of hydrogen-bond donors (Lipinski definition) is 3. The number of primary sulfonamides is 1. The quantitative estimate of drug-likeness (QED) is 0.646. The number of carbonyl (C=O) groups excluding carboxylic acids is 1. The third-order valence-corrected chi connectivity index (χ3v) is 6.38. The highest BCUT2D eigenvalue weighted by molar-refractivity contribution is 7.89. The van der Waals surface area contributed by atoms with E-state index in [1.54, 1.807) is 0 Å². The molecule has 1 aliphatic rings. The van der Waals surface area contributed by atoms with Crippen LogP contribution in [0.25, 0.3) is 0 Å². The number of benzene rings is 1. The molecule has 0 unspecified atom stereocenters. The summed E-state index contributed by atoms with van der Waals surface area (Å²) in [6.07, 6.45) is 3.92. The fourth-order valence-corrected chi connectivity index (χ4v) is 4.28. The molecule has 1 atom stereocenters. The van der Waals surface area contributed by atoms with E-state index in [2.05, 4.69) is 10.0 Å². The minimum Gasteiger partial charge on any atom is -0.352 e. The lowest BCUT2D eigenvalue weighted by molar-refractivity contribution is -0.123. The van der Waals surface area contributed by atoms with Crippen LogP contribution < -0.4 is 15.2 Å². The lowest BCUT2D eigenvalue weighted by Crippen LogP contribution is -2.47. The fourth-order valence-electron chi connectivity index (χ4n) is 2.56. The van der Waals surface area contributed by atoms with Crippen LogP contribution in [0.3, 0.4) is 0 Å². The highest BCUT2D eigenvalue weighted by atomic mass is 32.2. The van der Waals surface area contributed by atoms with Gasteiger partial charge in [0.1, 0.15) is 0 Å². The number of carbonyl (C=O) groups is 1. The third-order valence-electron chi connectivity index (χ3n) is 3.89. The molecule has 0 aliphatic heterocycles. The molecule has 0 saturated heterocycles. The van der Waals surface area contributed by atoms with Gasteiger partial charge in [-0.2, -0.15) is 4.72 Å². The highest BCUT2D eigenvalue weighted by Crippen LogP contribution is 2.18. The molecule has 1 aromatic carbocycles. The Kier molecular flexibility index (Phi) is 5.63. The zero-order valence-electron chi connectivity index (χ0n) is 13.2. The second kappa shape index (κ2) is 7.18. The maximum Gasteiger partial charge on any atom is 0.241 e. The van der Waals surface area contributed by atoms with Crippen LogP contribution in [-0.2, 0) is 24.8 Å². The predicted molar refractivity (Wildman–Crippen MR) is 88.0 cm³/mol. The van der Waals surface area contributed by atoms with Crippen molar-refractivity contribution in [2.24, 2.45) is 5.14 Å². The second-order valence-electron chi connectivity index (χ2n) is 5.85. The molecule has 0 aromatic heterocycles. The Morgan fingerprint density at radius 3 is 2.08 bits per heavy atom. The predicted octanol–water partition coefficient (Wildman–Crippen LogP) is 0.0596. The molecule has 24 heavy (non-hydrogen) atoms. The summed E-state index contributed by atoms with van der Waals surface area (Å²) >= 11 is 0. The topological polar surface area (TPSA) is 135 Å². The fraction of sp³-hybridized carbons (Fsp3) is 0.500. The monoisotopic (exact) mass is 375 g/mol. The molecule has 1 aromatic rings. The molecular formula is C14H21N3O5S2. The molecule has 0 radical (unpaired) electrons. The average molecular weight is 375 g/mol. The van der Waals surface area contributed by atoms with Gasteiger partial charge in [0.25, 0.3) is 0 Å². The number of amides is 1. The van der Waals surface area contributed by atoms with Crippen molar-refractivity contribution in [3.63, 3.8) is 0 Å². The number of nitrogens with two attached hydrogens (primary N) is 1. The number of rotatable bonds is 6. The van der Waals surface area contributed by atoms with Crippen molar-refractivity contribution < 1.29 is 21.6 Å². The Bertz CT molecular complexity index is 797. The van der Waals surface area contributed by atoms with Crippen LogP contribution in [0.15, 0.2) is 34.1 Å². The van der Waals surface area contributed by atoms with Crippen LogP contribution in [-0.4, -0.2) is 34.8 Å². The number of nitrogens with one attached hydrogen (secondary N) is 2. The van der Waals surface area contributed by atoms with Gasteiger partial charge in [-0.05, 0) is 44.0 Å². The summed E-state index contributed by atoms with van der Waals surface area (Å²) < 4.78 is 49.2. The minimum absolute atomic E-state index is 0.0958. The zero-order valence-corrected chi connectivity index (χ0v) is 14.9. The molecule has 1 aliphatic carbocycles. The van der Waals surface area contributed by atoms with E-state index in [0.717, 1.165) is 49.9 Å². The Hall–Kier alpha value is -1.49. The van der Waals surface area contributed by atoms with E-state index in [1.807, 2.05) is 0 Å². The molecule has 0 heterocycles. The van der Waals surface area contributed by atoms with Crippen LogP contribution in [0, 0.1) is 0 Å².